The molecule has 28 heavy (non-hydrogen) atoms. The van der Waals surface area contributed by atoms with Gasteiger partial charge in [0, 0.05) is 11.7 Å². The van der Waals surface area contributed by atoms with Gasteiger partial charge in [-0.2, -0.15) is 5.26 Å². The number of benzene rings is 2. The number of rotatable bonds is 7. The maximum atomic E-state index is 12.8. The molecule has 144 valence electrons. The van der Waals surface area contributed by atoms with Gasteiger partial charge in [-0.3, -0.25) is 9.59 Å². The summed E-state index contributed by atoms with van der Waals surface area (Å²) in [6.45, 7) is 3.41. The second-order valence-corrected chi connectivity index (χ2v) is 6.21. The van der Waals surface area contributed by atoms with E-state index >= 15 is 0 Å². The number of nitrogens with one attached hydrogen (secondary N) is 2. The van der Waals surface area contributed by atoms with Crippen LogP contribution in [0.3, 0.4) is 0 Å². The molecule has 6 nitrogen and oxygen atoms in total. The third kappa shape index (κ3) is 6.57. The van der Waals surface area contributed by atoms with Crippen molar-refractivity contribution >= 4 is 23.6 Å². The Labute approximate surface area is 162 Å². The zero-order valence-corrected chi connectivity index (χ0v) is 15.5. The molecule has 0 saturated heterocycles. The lowest BCUT2D eigenvalue weighted by Crippen LogP contribution is -2.30. The van der Waals surface area contributed by atoms with E-state index in [2.05, 4.69) is 10.6 Å². The number of hydrogen-bond acceptors (Lipinski definition) is 4. The van der Waals surface area contributed by atoms with Crippen molar-refractivity contribution in [3.63, 3.8) is 0 Å². The lowest BCUT2D eigenvalue weighted by molar-refractivity contribution is -0.118. The first-order valence-electron chi connectivity index (χ1n) is 8.58. The molecule has 2 rings (SSSR count). The molecule has 0 heterocycles. The van der Waals surface area contributed by atoms with E-state index in [0.29, 0.717) is 17.0 Å². The highest BCUT2D eigenvalue weighted by atomic mass is 19.1. The number of halogens is 1. The summed E-state index contributed by atoms with van der Waals surface area (Å²) in [5, 5.41) is 14.4. The largest absolute Gasteiger partial charge is 0.484 e. The fourth-order valence-corrected chi connectivity index (χ4v) is 2.19. The molecular formula is C21H20FN3O3. The van der Waals surface area contributed by atoms with Crippen molar-refractivity contribution in [3.05, 3.63) is 65.5 Å². The average Bonchev–Trinajstić information content (AvgIpc) is 2.66. The Kier molecular flexibility index (Phi) is 7.28. The molecule has 2 aromatic carbocycles. The fourth-order valence-electron chi connectivity index (χ4n) is 2.19. The second kappa shape index (κ2) is 9.88. The van der Waals surface area contributed by atoms with Crippen LogP contribution in [0.2, 0.25) is 0 Å². The topological polar surface area (TPSA) is 91.2 Å². The Hall–Kier alpha value is -3.66. The van der Waals surface area contributed by atoms with Crippen LogP contribution in [0.5, 0.6) is 5.75 Å². The third-order valence-electron chi connectivity index (χ3n) is 3.47. The first-order chi connectivity index (χ1) is 13.4. The summed E-state index contributed by atoms with van der Waals surface area (Å²) in [6.07, 6.45) is 1.47. The number of hydrogen-bond donors (Lipinski definition) is 2. The van der Waals surface area contributed by atoms with Crippen molar-refractivity contribution in [1.29, 1.82) is 5.26 Å². The molecule has 0 unspecified atom stereocenters. The van der Waals surface area contributed by atoms with Crippen LogP contribution in [-0.2, 0) is 9.59 Å². The second-order valence-electron chi connectivity index (χ2n) is 6.21. The number of anilines is 1. The Morgan fingerprint density at radius 1 is 1.14 bits per heavy atom. The normalized spacial score (nSPS) is 10.9. The maximum Gasteiger partial charge on any atom is 0.262 e. The fraction of sp³-hybridized carbons (Fsp3) is 0.190. The van der Waals surface area contributed by atoms with Gasteiger partial charge in [0.05, 0.1) is 0 Å². The van der Waals surface area contributed by atoms with Crippen LogP contribution < -0.4 is 15.4 Å². The molecule has 0 bridgehead atoms. The predicted octanol–water partition coefficient (Wildman–Crippen LogP) is 3.27. The molecule has 0 spiro atoms. The molecular weight excluding hydrogens is 361 g/mol. The maximum absolute atomic E-state index is 12.8. The molecule has 0 saturated carbocycles. The van der Waals surface area contributed by atoms with E-state index in [9.17, 15) is 14.0 Å². The van der Waals surface area contributed by atoms with E-state index in [4.69, 9.17) is 10.00 Å². The molecule has 0 aliphatic rings. The van der Waals surface area contributed by atoms with Crippen molar-refractivity contribution < 1.29 is 18.7 Å². The van der Waals surface area contributed by atoms with Gasteiger partial charge in [0.2, 0.25) is 0 Å². The summed E-state index contributed by atoms with van der Waals surface area (Å²) in [4.78, 5) is 23.8. The summed E-state index contributed by atoms with van der Waals surface area (Å²) in [6, 6.07) is 13.8. The number of carbonyl (C=O) groups excluding carboxylic acids is 2. The highest BCUT2D eigenvalue weighted by molar-refractivity contribution is 6.01. The predicted molar refractivity (Wildman–Crippen MR) is 104 cm³/mol. The number of amides is 2. The summed E-state index contributed by atoms with van der Waals surface area (Å²) in [5.74, 6) is -0.746. The van der Waals surface area contributed by atoms with Crippen LogP contribution in [-0.4, -0.2) is 24.5 Å². The quantitative estimate of drug-likeness (QED) is 0.569. The number of ether oxygens (including phenoxy) is 1. The molecule has 0 radical (unpaired) electrons. The third-order valence-corrected chi connectivity index (χ3v) is 3.47. The van der Waals surface area contributed by atoms with Crippen molar-refractivity contribution in [1.82, 2.24) is 5.32 Å². The highest BCUT2D eigenvalue weighted by Crippen LogP contribution is 2.15. The van der Waals surface area contributed by atoms with Gasteiger partial charge < -0.3 is 15.4 Å². The van der Waals surface area contributed by atoms with Gasteiger partial charge in [0.15, 0.2) is 6.61 Å². The zero-order chi connectivity index (χ0) is 20.5. The molecule has 0 aromatic heterocycles. The van der Waals surface area contributed by atoms with E-state index in [-0.39, 0.29) is 29.9 Å². The molecule has 0 aliphatic carbocycles. The Balaban J connectivity index is 1.92. The van der Waals surface area contributed by atoms with Gasteiger partial charge in [-0.15, -0.1) is 0 Å². The number of carbonyl (C=O) groups is 2. The van der Waals surface area contributed by atoms with E-state index in [1.807, 2.05) is 19.9 Å². The van der Waals surface area contributed by atoms with Crippen LogP contribution >= 0.6 is 0 Å². The summed E-state index contributed by atoms with van der Waals surface area (Å²) >= 11 is 0. The minimum Gasteiger partial charge on any atom is -0.484 e. The Morgan fingerprint density at radius 2 is 1.79 bits per heavy atom. The zero-order valence-electron chi connectivity index (χ0n) is 15.5. The molecule has 7 heteroatoms. The van der Waals surface area contributed by atoms with Gasteiger partial charge in [-0.25, -0.2) is 4.39 Å². The van der Waals surface area contributed by atoms with E-state index < -0.39 is 5.91 Å². The van der Waals surface area contributed by atoms with Crippen LogP contribution in [0, 0.1) is 17.1 Å². The Bertz CT molecular complexity index is 898. The van der Waals surface area contributed by atoms with Crippen LogP contribution in [0.1, 0.15) is 19.4 Å². The van der Waals surface area contributed by atoms with Crippen molar-refractivity contribution in [2.75, 3.05) is 11.9 Å². The molecule has 0 fully saturated rings. The smallest absolute Gasteiger partial charge is 0.262 e. The van der Waals surface area contributed by atoms with Crippen LogP contribution in [0.25, 0.3) is 6.08 Å². The van der Waals surface area contributed by atoms with Gasteiger partial charge in [-0.1, -0.05) is 12.1 Å². The number of nitriles is 1. The monoisotopic (exact) mass is 381 g/mol. The molecule has 0 aliphatic heterocycles. The van der Waals surface area contributed by atoms with E-state index in [1.54, 1.807) is 24.3 Å². The van der Waals surface area contributed by atoms with Gasteiger partial charge in [0.1, 0.15) is 23.2 Å². The first kappa shape index (κ1) is 20.6. The van der Waals surface area contributed by atoms with Crippen LogP contribution in [0.15, 0.2) is 54.1 Å². The van der Waals surface area contributed by atoms with Crippen molar-refractivity contribution in [2.24, 2.45) is 0 Å². The van der Waals surface area contributed by atoms with Gasteiger partial charge in [-0.05, 0) is 61.9 Å². The van der Waals surface area contributed by atoms with Crippen molar-refractivity contribution in [2.45, 2.75) is 19.9 Å². The van der Waals surface area contributed by atoms with Gasteiger partial charge >= 0.3 is 0 Å². The summed E-state index contributed by atoms with van der Waals surface area (Å²) < 4.78 is 18.2. The molecule has 0 atom stereocenters. The van der Waals surface area contributed by atoms with E-state index in [1.165, 1.54) is 30.3 Å². The molecule has 2 amide bonds. The summed E-state index contributed by atoms with van der Waals surface area (Å²) in [5.41, 5.74) is 1.12. The van der Waals surface area contributed by atoms with Crippen LogP contribution in [0.4, 0.5) is 10.1 Å². The van der Waals surface area contributed by atoms with E-state index in [0.717, 1.165) is 0 Å². The van der Waals surface area contributed by atoms with Crippen molar-refractivity contribution in [3.8, 4) is 11.8 Å². The molecule has 2 N–H and O–H groups in total. The SMILES string of the molecule is CC(C)NC(=O)/C(C#N)=C/c1ccc(OCC(=O)Nc2ccc(F)cc2)cc1. The summed E-state index contributed by atoms with van der Waals surface area (Å²) in [7, 11) is 0. The first-order valence-corrected chi connectivity index (χ1v) is 8.58. The van der Waals surface area contributed by atoms with Gasteiger partial charge in [0.25, 0.3) is 11.8 Å². The average molecular weight is 381 g/mol. The molecule has 2 aromatic rings. The Morgan fingerprint density at radius 3 is 2.36 bits per heavy atom. The minimum atomic E-state index is -0.435. The lowest BCUT2D eigenvalue weighted by atomic mass is 10.1. The highest BCUT2D eigenvalue weighted by Gasteiger charge is 2.10. The number of nitrogens with zero attached hydrogens (tertiary/aromatic N) is 1. The standard InChI is InChI=1S/C21H20FN3O3/c1-14(2)24-21(27)16(12-23)11-15-3-9-19(10-4-15)28-13-20(26)25-18-7-5-17(22)6-8-18/h3-11,14H,13H2,1-2H3,(H,24,27)(H,25,26)/b16-11+. The minimum absolute atomic E-state index is 0.000967. The lowest BCUT2D eigenvalue weighted by Gasteiger charge is -2.08.